The van der Waals surface area contributed by atoms with Crippen molar-refractivity contribution >= 4 is 23.5 Å². The molecule has 0 bridgehead atoms. The van der Waals surface area contributed by atoms with E-state index >= 15 is 0 Å². The van der Waals surface area contributed by atoms with Crippen LogP contribution >= 0.6 is 11.6 Å². The van der Waals surface area contributed by atoms with Crippen LogP contribution in [0.25, 0.3) is 0 Å². The molecule has 0 amide bonds. The molecule has 6 heteroatoms. The fourth-order valence-electron chi connectivity index (χ4n) is 1.51. The molecule has 0 saturated carbocycles. The molecular formula is C14H10ClF3N2. The lowest BCUT2D eigenvalue weighted by atomic mass is 10.1. The van der Waals surface area contributed by atoms with Gasteiger partial charge in [0.05, 0.1) is 17.5 Å². The quantitative estimate of drug-likeness (QED) is 0.638. The second-order valence-corrected chi connectivity index (χ2v) is 4.38. The Kier molecular flexibility index (Phi) is 4.29. The summed E-state index contributed by atoms with van der Waals surface area (Å²) in [6, 6.07) is 12.1. The molecule has 104 valence electrons. The fraction of sp³-hybridized carbons (Fsp3) is 0.0714. The molecule has 0 heterocycles. The molecule has 2 aromatic carbocycles. The zero-order valence-electron chi connectivity index (χ0n) is 10.2. The number of rotatable bonds is 3. The molecule has 0 fully saturated rings. The number of para-hydroxylation sites is 1. The minimum absolute atomic E-state index is 0.199. The Morgan fingerprint density at radius 2 is 1.75 bits per heavy atom. The Morgan fingerprint density at radius 3 is 2.40 bits per heavy atom. The predicted molar refractivity (Wildman–Crippen MR) is 74.1 cm³/mol. The molecule has 1 N–H and O–H groups in total. The van der Waals surface area contributed by atoms with Crippen molar-refractivity contribution in [1.82, 2.24) is 0 Å². The highest BCUT2D eigenvalue weighted by Crippen LogP contribution is 2.31. The number of hydrogen-bond acceptors (Lipinski definition) is 2. The number of nitrogens with one attached hydrogen (secondary N) is 1. The SMILES string of the molecule is FC(F)(F)c1ccc(Cl)c(C=NNc2ccccc2)c1. The van der Waals surface area contributed by atoms with Crippen LogP contribution in [0.2, 0.25) is 5.02 Å². The minimum Gasteiger partial charge on any atom is -0.279 e. The van der Waals surface area contributed by atoms with Gasteiger partial charge < -0.3 is 0 Å². The highest BCUT2D eigenvalue weighted by atomic mass is 35.5. The van der Waals surface area contributed by atoms with E-state index in [-0.39, 0.29) is 10.6 Å². The number of halogens is 4. The topological polar surface area (TPSA) is 24.4 Å². The van der Waals surface area contributed by atoms with Gasteiger partial charge in [-0.05, 0) is 30.3 Å². The molecule has 2 rings (SSSR count). The number of anilines is 1. The van der Waals surface area contributed by atoms with Crippen LogP contribution < -0.4 is 5.43 Å². The van der Waals surface area contributed by atoms with Crippen LogP contribution in [0.15, 0.2) is 53.6 Å². The first-order chi connectivity index (χ1) is 9.47. The molecular weight excluding hydrogens is 289 g/mol. The van der Waals surface area contributed by atoms with Gasteiger partial charge in [0.2, 0.25) is 0 Å². The summed E-state index contributed by atoms with van der Waals surface area (Å²) in [5.74, 6) is 0. The zero-order chi connectivity index (χ0) is 14.6. The first kappa shape index (κ1) is 14.4. The van der Waals surface area contributed by atoms with Crippen LogP contribution in [0.5, 0.6) is 0 Å². The number of hydrazone groups is 1. The van der Waals surface area contributed by atoms with Crippen molar-refractivity contribution in [3.05, 3.63) is 64.7 Å². The van der Waals surface area contributed by atoms with Gasteiger partial charge in [-0.25, -0.2) is 0 Å². The average Bonchev–Trinajstić information content (AvgIpc) is 2.41. The van der Waals surface area contributed by atoms with E-state index in [0.29, 0.717) is 0 Å². The van der Waals surface area contributed by atoms with E-state index in [2.05, 4.69) is 10.5 Å². The molecule has 0 unspecified atom stereocenters. The van der Waals surface area contributed by atoms with Crippen molar-refractivity contribution in [2.75, 3.05) is 5.43 Å². The Hall–Kier alpha value is -2.01. The molecule has 0 radical (unpaired) electrons. The highest BCUT2D eigenvalue weighted by molar-refractivity contribution is 6.33. The first-order valence-corrected chi connectivity index (χ1v) is 6.05. The predicted octanol–water partition coefficient (Wildman–Crippen LogP) is 4.80. The fourth-order valence-corrected chi connectivity index (χ4v) is 1.67. The van der Waals surface area contributed by atoms with Crippen LogP contribution in [0.1, 0.15) is 11.1 Å². The standard InChI is InChI=1S/C14H10ClF3N2/c15-13-7-6-11(14(16,17)18)8-10(13)9-19-20-12-4-2-1-3-5-12/h1-9,20H. The number of benzene rings is 2. The van der Waals surface area contributed by atoms with E-state index < -0.39 is 11.7 Å². The number of nitrogens with zero attached hydrogens (tertiary/aromatic N) is 1. The van der Waals surface area contributed by atoms with Gasteiger partial charge >= 0.3 is 6.18 Å². The van der Waals surface area contributed by atoms with E-state index in [1.807, 2.05) is 18.2 Å². The molecule has 0 atom stereocenters. The lowest BCUT2D eigenvalue weighted by molar-refractivity contribution is -0.137. The Bertz CT molecular complexity index is 610. The summed E-state index contributed by atoms with van der Waals surface area (Å²) in [5, 5.41) is 4.07. The van der Waals surface area contributed by atoms with Gasteiger partial charge in [-0.2, -0.15) is 18.3 Å². The molecule has 0 aromatic heterocycles. The molecule has 0 aliphatic carbocycles. The van der Waals surface area contributed by atoms with Crippen molar-refractivity contribution in [2.24, 2.45) is 5.10 Å². The van der Waals surface area contributed by atoms with Gasteiger partial charge in [-0.1, -0.05) is 29.8 Å². The number of alkyl halides is 3. The summed E-state index contributed by atoms with van der Waals surface area (Å²) >= 11 is 5.84. The monoisotopic (exact) mass is 298 g/mol. The lowest BCUT2D eigenvalue weighted by Gasteiger charge is -2.08. The Morgan fingerprint density at radius 1 is 1.05 bits per heavy atom. The third-order valence-electron chi connectivity index (χ3n) is 2.49. The maximum Gasteiger partial charge on any atom is 0.416 e. The normalized spacial score (nSPS) is 11.8. The highest BCUT2D eigenvalue weighted by Gasteiger charge is 2.30. The van der Waals surface area contributed by atoms with Crippen molar-refractivity contribution in [2.45, 2.75) is 6.18 Å². The van der Waals surface area contributed by atoms with E-state index in [0.717, 1.165) is 17.8 Å². The summed E-state index contributed by atoms with van der Waals surface area (Å²) in [5.41, 5.74) is 2.87. The molecule has 2 aromatic rings. The largest absolute Gasteiger partial charge is 0.416 e. The van der Waals surface area contributed by atoms with Crippen LogP contribution in [0.3, 0.4) is 0 Å². The maximum atomic E-state index is 12.6. The molecule has 0 spiro atoms. The zero-order valence-corrected chi connectivity index (χ0v) is 10.9. The first-order valence-electron chi connectivity index (χ1n) is 5.68. The van der Waals surface area contributed by atoms with Crippen molar-refractivity contribution in [3.63, 3.8) is 0 Å². The lowest BCUT2D eigenvalue weighted by Crippen LogP contribution is -2.05. The van der Waals surface area contributed by atoms with Gasteiger partial charge in [0.15, 0.2) is 0 Å². The van der Waals surface area contributed by atoms with Crippen LogP contribution in [0.4, 0.5) is 18.9 Å². The molecule has 20 heavy (non-hydrogen) atoms. The van der Waals surface area contributed by atoms with Gasteiger partial charge in [-0.3, -0.25) is 5.43 Å². The van der Waals surface area contributed by atoms with Crippen molar-refractivity contribution in [3.8, 4) is 0 Å². The van der Waals surface area contributed by atoms with Gasteiger partial charge in [0.25, 0.3) is 0 Å². The third-order valence-corrected chi connectivity index (χ3v) is 2.84. The van der Waals surface area contributed by atoms with Crippen LogP contribution in [0, 0.1) is 0 Å². The summed E-state index contributed by atoms with van der Waals surface area (Å²) in [6.45, 7) is 0. The summed E-state index contributed by atoms with van der Waals surface area (Å²) in [7, 11) is 0. The average molecular weight is 299 g/mol. The second-order valence-electron chi connectivity index (χ2n) is 3.97. The van der Waals surface area contributed by atoms with E-state index in [1.54, 1.807) is 12.1 Å². The van der Waals surface area contributed by atoms with Crippen molar-refractivity contribution in [1.29, 1.82) is 0 Å². The smallest absolute Gasteiger partial charge is 0.279 e. The number of hydrogen-bond donors (Lipinski definition) is 1. The second kappa shape index (κ2) is 5.96. The third kappa shape index (κ3) is 3.74. The van der Waals surface area contributed by atoms with Gasteiger partial charge in [0.1, 0.15) is 0 Å². The van der Waals surface area contributed by atoms with Crippen molar-refractivity contribution < 1.29 is 13.2 Å². The Balaban J connectivity index is 2.16. The summed E-state index contributed by atoms with van der Waals surface area (Å²) < 4.78 is 37.8. The molecule has 2 nitrogen and oxygen atoms in total. The van der Waals surface area contributed by atoms with E-state index in [9.17, 15) is 13.2 Å². The van der Waals surface area contributed by atoms with E-state index in [1.165, 1.54) is 12.3 Å². The molecule has 0 aliphatic heterocycles. The maximum absolute atomic E-state index is 12.6. The molecule has 0 saturated heterocycles. The minimum atomic E-state index is -4.40. The van der Waals surface area contributed by atoms with Gasteiger partial charge in [0, 0.05) is 10.6 Å². The summed E-state index contributed by atoms with van der Waals surface area (Å²) in [6.07, 6.45) is -3.15. The van der Waals surface area contributed by atoms with Crippen LogP contribution in [-0.4, -0.2) is 6.21 Å². The summed E-state index contributed by atoms with van der Waals surface area (Å²) in [4.78, 5) is 0. The Labute approximate surface area is 118 Å². The molecule has 0 aliphatic rings. The van der Waals surface area contributed by atoms with Gasteiger partial charge in [-0.15, -0.1) is 0 Å². The van der Waals surface area contributed by atoms with E-state index in [4.69, 9.17) is 11.6 Å². The van der Waals surface area contributed by atoms with Crippen LogP contribution in [-0.2, 0) is 6.18 Å².